The molecule has 0 radical (unpaired) electrons. The highest BCUT2D eigenvalue weighted by molar-refractivity contribution is 7.17. The molecule has 0 spiro atoms. The molecule has 1 aromatic heterocycles. The van der Waals surface area contributed by atoms with E-state index in [1.165, 1.54) is 76.2 Å². The molecule has 2 aromatic rings. The van der Waals surface area contributed by atoms with Gasteiger partial charge >= 0.3 is 0 Å². The van der Waals surface area contributed by atoms with Crippen LogP contribution in [0.5, 0.6) is 0 Å². The number of hydrogen-bond acceptors (Lipinski definition) is 4. The van der Waals surface area contributed by atoms with Crippen molar-refractivity contribution in [2.45, 2.75) is 112 Å². The Morgan fingerprint density at radius 1 is 0.925 bits per heavy atom. The molecule has 1 aromatic carbocycles. The molecule has 0 saturated heterocycles. The summed E-state index contributed by atoms with van der Waals surface area (Å²) in [5, 5.41) is 4.21. The van der Waals surface area contributed by atoms with Crippen molar-refractivity contribution in [3.05, 3.63) is 65.7 Å². The molecule has 40 heavy (non-hydrogen) atoms. The minimum atomic E-state index is 0. The van der Waals surface area contributed by atoms with Gasteiger partial charge in [0.15, 0.2) is 5.13 Å². The van der Waals surface area contributed by atoms with E-state index in [0.717, 1.165) is 51.2 Å². The number of thiazole rings is 1. The second-order valence-corrected chi connectivity index (χ2v) is 14.3. The van der Waals surface area contributed by atoms with Crippen molar-refractivity contribution >= 4 is 27.9 Å². The maximum Gasteiger partial charge on any atom is 0.187 e. The lowest BCUT2D eigenvalue weighted by Crippen LogP contribution is -2.24. The van der Waals surface area contributed by atoms with Crippen LogP contribution in [0.4, 0.5) is 5.13 Å². The number of benzene rings is 1. The van der Waals surface area contributed by atoms with E-state index in [2.05, 4.69) is 68.3 Å². The van der Waals surface area contributed by atoms with Crippen LogP contribution in [0.25, 0.3) is 5.70 Å². The van der Waals surface area contributed by atoms with Crippen LogP contribution in [0.3, 0.4) is 0 Å². The van der Waals surface area contributed by atoms with Gasteiger partial charge in [0.1, 0.15) is 0 Å². The number of aliphatic imine (C=N–C) groups is 1. The van der Waals surface area contributed by atoms with Crippen LogP contribution < -0.4 is 5.32 Å². The third-order valence-corrected chi connectivity index (χ3v) is 8.78. The number of hydrogen-bond donors (Lipinski definition) is 1. The fourth-order valence-electron chi connectivity index (χ4n) is 6.03. The summed E-state index contributed by atoms with van der Waals surface area (Å²) in [5.74, 6) is 2.57. The molecule has 2 atom stereocenters. The third-order valence-electron chi connectivity index (χ3n) is 7.86. The summed E-state index contributed by atoms with van der Waals surface area (Å²) < 4.78 is 0. The molecule has 0 amide bonds. The summed E-state index contributed by atoms with van der Waals surface area (Å²) in [6, 6.07) is 10.2. The molecule has 0 bridgehead atoms. The van der Waals surface area contributed by atoms with Crippen molar-refractivity contribution in [1.29, 1.82) is 0 Å². The highest BCUT2D eigenvalue weighted by atomic mass is 32.1. The van der Waals surface area contributed by atoms with Crippen molar-refractivity contribution in [1.82, 2.24) is 4.98 Å². The Labute approximate surface area is 250 Å². The van der Waals surface area contributed by atoms with E-state index in [0.29, 0.717) is 5.41 Å². The average molecular weight is 564 g/mol. The lowest BCUT2D eigenvalue weighted by atomic mass is 9.71. The number of allylic oxidation sites excluding steroid dienone is 1. The van der Waals surface area contributed by atoms with Crippen LogP contribution in [0.15, 0.2) is 60.3 Å². The van der Waals surface area contributed by atoms with Crippen molar-refractivity contribution in [3.8, 4) is 0 Å². The first-order chi connectivity index (χ1) is 18.6. The number of anilines is 1. The van der Waals surface area contributed by atoms with Gasteiger partial charge in [-0.3, -0.25) is 4.99 Å². The Balaban J connectivity index is 0.000000858. The van der Waals surface area contributed by atoms with E-state index in [1.807, 2.05) is 31.4 Å². The first-order valence-corrected chi connectivity index (χ1v) is 16.1. The number of rotatable bonds is 9. The van der Waals surface area contributed by atoms with E-state index < -0.39 is 0 Å². The molecule has 2 saturated carbocycles. The van der Waals surface area contributed by atoms with E-state index in [4.69, 9.17) is 0 Å². The van der Waals surface area contributed by atoms with Gasteiger partial charge in [0.25, 0.3) is 0 Å². The van der Waals surface area contributed by atoms with Gasteiger partial charge in [0.2, 0.25) is 0 Å². The fourth-order valence-corrected chi connectivity index (χ4v) is 6.95. The molecule has 2 aliphatic carbocycles. The highest BCUT2D eigenvalue weighted by Crippen LogP contribution is 2.41. The summed E-state index contributed by atoms with van der Waals surface area (Å²) in [6.07, 6.45) is 18.7. The Morgan fingerprint density at radius 3 is 2.10 bits per heavy atom. The summed E-state index contributed by atoms with van der Waals surface area (Å²) in [5.41, 5.74) is 4.64. The van der Waals surface area contributed by atoms with Gasteiger partial charge in [0, 0.05) is 18.9 Å². The van der Waals surface area contributed by atoms with Crippen LogP contribution in [-0.2, 0) is 0 Å². The fraction of sp³-hybridized carbons (Fsp3) is 0.611. The van der Waals surface area contributed by atoms with Crippen LogP contribution in [0.2, 0.25) is 0 Å². The van der Waals surface area contributed by atoms with Gasteiger partial charge in [-0.25, -0.2) is 4.98 Å². The van der Waals surface area contributed by atoms with Crippen LogP contribution in [0.1, 0.15) is 123 Å². The van der Waals surface area contributed by atoms with Crippen LogP contribution in [-0.4, -0.2) is 17.7 Å². The molecule has 4 heteroatoms. The molecule has 222 valence electrons. The topological polar surface area (TPSA) is 37.3 Å². The monoisotopic (exact) mass is 563 g/mol. The second-order valence-electron chi connectivity index (χ2n) is 13.3. The molecule has 4 rings (SSSR count). The van der Waals surface area contributed by atoms with E-state index in [-0.39, 0.29) is 7.43 Å². The van der Waals surface area contributed by atoms with Crippen LogP contribution in [0, 0.1) is 23.2 Å². The number of nitrogens with one attached hydrogen (secondary N) is 1. The van der Waals surface area contributed by atoms with Crippen LogP contribution >= 0.6 is 11.3 Å². The van der Waals surface area contributed by atoms with E-state index >= 15 is 0 Å². The van der Waals surface area contributed by atoms with Gasteiger partial charge < -0.3 is 5.32 Å². The highest BCUT2D eigenvalue weighted by Gasteiger charge is 2.29. The zero-order chi connectivity index (χ0) is 28.3. The molecule has 0 unspecified atom stereocenters. The first kappa shape index (κ1) is 34.0. The molecular weight excluding hydrogens is 506 g/mol. The van der Waals surface area contributed by atoms with Crippen molar-refractivity contribution in [3.63, 3.8) is 0 Å². The van der Waals surface area contributed by atoms with Gasteiger partial charge in [-0.1, -0.05) is 148 Å². The molecule has 2 aliphatic rings. The minimum absolute atomic E-state index is 0. The zero-order valence-corrected chi connectivity index (χ0v) is 26.2. The second kappa shape index (κ2) is 16.9. The summed E-state index contributed by atoms with van der Waals surface area (Å²) in [7, 11) is 1.89. The van der Waals surface area contributed by atoms with Gasteiger partial charge in [-0.15, -0.1) is 0 Å². The summed E-state index contributed by atoms with van der Waals surface area (Å²) >= 11 is 1.64. The lowest BCUT2D eigenvalue weighted by Gasteiger charge is -2.34. The molecule has 3 nitrogen and oxygen atoms in total. The SMILES string of the molecule is C.C=C(C[C@@H]1CCCC[C@H]1CC1CCCCCC1)C(=NC)c1cnc(NC(=C)c2ccccc2)s1.CC(C)(C)C. The van der Waals surface area contributed by atoms with Gasteiger partial charge in [0.05, 0.1) is 10.6 Å². The van der Waals surface area contributed by atoms with Crippen molar-refractivity contribution in [2.24, 2.45) is 28.2 Å². The first-order valence-electron chi connectivity index (χ1n) is 15.3. The Hall–Kier alpha value is -2.20. The smallest absolute Gasteiger partial charge is 0.187 e. The Bertz CT molecular complexity index is 1050. The Morgan fingerprint density at radius 2 is 1.50 bits per heavy atom. The van der Waals surface area contributed by atoms with Gasteiger partial charge in [-0.05, 0) is 53.6 Å². The lowest BCUT2D eigenvalue weighted by molar-refractivity contribution is 0.188. The predicted molar refractivity (Wildman–Crippen MR) is 181 cm³/mol. The molecule has 2 fully saturated rings. The van der Waals surface area contributed by atoms with Gasteiger partial charge in [-0.2, -0.15) is 0 Å². The summed E-state index contributed by atoms with van der Waals surface area (Å²) in [6.45, 7) is 17.4. The maximum atomic E-state index is 4.66. The molecule has 0 aliphatic heterocycles. The summed E-state index contributed by atoms with van der Waals surface area (Å²) in [4.78, 5) is 10.4. The predicted octanol–water partition coefficient (Wildman–Crippen LogP) is 11.4. The van der Waals surface area contributed by atoms with E-state index in [9.17, 15) is 0 Å². The third kappa shape index (κ3) is 11.7. The van der Waals surface area contributed by atoms with Crippen molar-refractivity contribution < 1.29 is 0 Å². The number of aromatic nitrogens is 1. The largest absolute Gasteiger partial charge is 0.332 e. The number of nitrogens with zero attached hydrogens (tertiary/aromatic N) is 2. The minimum Gasteiger partial charge on any atom is -0.332 e. The maximum absolute atomic E-state index is 4.66. The standard InChI is InChI=1S/C30H41N3S.C5H12.CH4/c1-22(19-26-17-11-12-18-27(26)20-24-13-7-4-5-8-14-24)29(31-3)28-21-32-30(34-28)33-23(2)25-15-9-6-10-16-25;1-5(2,3)4;/h6,9-10,15-16,21,24,26-27H,1-2,4-5,7-8,11-14,17-20H2,3H3,(H,32,33);1-4H3;1H4/t26-,27-;;/m0../s1. The molecule has 1 heterocycles. The molecule has 1 N–H and O–H groups in total. The molecular formula is C36H57N3S. The van der Waals surface area contributed by atoms with Crippen molar-refractivity contribution in [2.75, 3.05) is 12.4 Å². The average Bonchev–Trinajstić information content (AvgIpc) is 3.18. The zero-order valence-electron chi connectivity index (χ0n) is 25.4. The Kier molecular flexibility index (Phi) is 14.4. The van der Waals surface area contributed by atoms with E-state index in [1.54, 1.807) is 11.3 Å². The normalized spacial score (nSPS) is 20.4. The quantitative estimate of drug-likeness (QED) is 0.243.